The molecule has 0 spiro atoms. The number of amides is 3. The van der Waals surface area contributed by atoms with Crippen molar-refractivity contribution in [2.75, 3.05) is 13.7 Å². The minimum absolute atomic E-state index is 0.0543. The van der Waals surface area contributed by atoms with Crippen molar-refractivity contribution in [3.05, 3.63) is 30.0 Å². The Hall–Kier alpha value is -3.03. The molecule has 8 nitrogen and oxygen atoms in total. The van der Waals surface area contributed by atoms with Gasteiger partial charge in [0.25, 0.3) is 5.91 Å². The van der Waals surface area contributed by atoms with E-state index in [1.165, 1.54) is 0 Å². The van der Waals surface area contributed by atoms with Crippen LogP contribution in [-0.4, -0.2) is 48.4 Å². The van der Waals surface area contributed by atoms with Gasteiger partial charge < -0.3 is 25.7 Å². The van der Waals surface area contributed by atoms with Crippen molar-refractivity contribution >= 4 is 28.6 Å². The first-order valence-electron chi connectivity index (χ1n) is 11.3. The molecule has 3 atom stereocenters. The van der Waals surface area contributed by atoms with E-state index in [0.29, 0.717) is 24.3 Å². The maximum atomic E-state index is 13.0. The summed E-state index contributed by atoms with van der Waals surface area (Å²) >= 11 is 0. The second kappa shape index (κ2) is 10.5. The van der Waals surface area contributed by atoms with Crippen LogP contribution in [0, 0.1) is 11.8 Å². The van der Waals surface area contributed by atoms with E-state index in [1.807, 2.05) is 39.0 Å². The van der Waals surface area contributed by atoms with Crippen molar-refractivity contribution < 1.29 is 19.1 Å². The Balaban J connectivity index is 1.66. The van der Waals surface area contributed by atoms with Crippen LogP contribution in [0.5, 0.6) is 5.75 Å². The number of piperidine rings is 1. The van der Waals surface area contributed by atoms with E-state index in [0.717, 1.165) is 30.3 Å². The maximum Gasteiger partial charge on any atom is 0.268 e. The topological polar surface area (TPSA) is 112 Å². The predicted octanol–water partition coefficient (Wildman–Crippen LogP) is 2.74. The fourth-order valence-electron chi connectivity index (χ4n) is 4.26. The normalized spacial score (nSPS) is 18.2. The number of rotatable bonds is 9. The first-order valence-corrected chi connectivity index (χ1v) is 11.3. The molecule has 0 saturated carbocycles. The van der Waals surface area contributed by atoms with Crippen LogP contribution in [-0.2, 0) is 9.59 Å². The van der Waals surface area contributed by atoms with Crippen LogP contribution in [0.25, 0.3) is 10.9 Å². The molecule has 2 aromatic rings. The van der Waals surface area contributed by atoms with Gasteiger partial charge in [0.05, 0.1) is 7.11 Å². The van der Waals surface area contributed by atoms with Crippen LogP contribution < -0.4 is 20.7 Å². The molecule has 1 aliphatic rings. The number of H-pyrrole nitrogens is 1. The van der Waals surface area contributed by atoms with Crippen LogP contribution in [0.1, 0.15) is 56.9 Å². The third kappa shape index (κ3) is 5.81. The summed E-state index contributed by atoms with van der Waals surface area (Å²) in [6.07, 6.45) is 2.89. The molecular weight excluding hydrogens is 408 g/mol. The SMILES string of the molecule is COc1cccc2[nH]c(C(=O)N[C@@H](CC(C)C)C(=O)NC(C)CC3CCCNC3=O)cc12. The molecule has 8 heteroatoms. The Morgan fingerprint density at radius 1 is 1.22 bits per heavy atom. The van der Waals surface area contributed by atoms with Gasteiger partial charge in [-0.3, -0.25) is 14.4 Å². The van der Waals surface area contributed by atoms with Crippen molar-refractivity contribution in [1.29, 1.82) is 0 Å². The highest BCUT2D eigenvalue weighted by Crippen LogP contribution is 2.26. The summed E-state index contributed by atoms with van der Waals surface area (Å²) in [6, 6.07) is 6.45. The van der Waals surface area contributed by atoms with Gasteiger partial charge in [0.15, 0.2) is 0 Å². The molecule has 4 N–H and O–H groups in total. The largest absolute Gasteiger partial charge is 0.496 e. The Morgan fingerprint density at radius 2 is 2.00 bits per heavy atom. The van der Waals surface area contributed by atoms with Crippen molar-refractivity contribution in [1.82, 2.24) is 20.9 Å². The number of carbonyl (C=O) groups excluding carboxylic acids is 3. The number of aromatic nitrogens is 1. The molecule has 3 rings (SSSR count). The average molecular weight is 443 g/mol. The molecule has 3 amide bonds. The number of hydrogen-bond acceptors (Lipinski definition) is 4. The quantitative estimate of drug-likeness (QED) is 0.478. The van der Waals surface area contributed by atoms with Crippen molar-refractivity contribution in [2.45, 2.75) is 58.5 Å². The van der Waals surface area contributed by atoms with Gasteiger partial charge in [-0.1, -0.05) is 19.9 Å². The zero-order valence-electron chi connectivity index (χ0n) is 19.3. The van der Waals surface area contributed by atoms with Crippen LogP contribution in [0.15, 0.2) is 24.3 Å². The lowest BCUT2D eigenvalue weighted by atomic mass is 9.92. The van der Waals surface area contributed by atoms with Gasteiger partial charge in [-0.15, -0.1) is 0 Å². The van der Waals surface area contributed by atoms with E-state index < -0.39 is 6.04 Å². The fraction of sp³-hybridized carbons (Fsp3) is 0.542. The third-order valence-corrected chi connectivity index (χ3v) is 5.84. The molecule has 174 valence electrons. The van der Waals surface area contributed by atoms with Crippen LogP contribution in [0.2, 0.25) is 0 Å². The van der Waals surface area contributed by atoms with E-state index in [2.05, 4.69) is 20.9 Å². The minimum Gasteiger partial charge on any atom is -0.496 e. The number of carbonyl (C=O) groups is 3. The van der Waals surface area contributed by atoms with Gasteiger partial charge >= 0.3 is 0 Å². The molecule has 2 heterocycles. The maximum absolute atomic E-state index is 13.0. The number of aromatic amines is 1. The number of nitrogens with one attached hydrogen (secondary N) is 4. The molecular formula is C24H34N4O4. The van der Waals surface area contributed by atoms with Gasteiger partial charge in [-0.2, -0.15) is 0 Å². The highest BCUT2D eigenvalue weighted by Gasteiger charge is 2.28. The lowest BCUT2D eigenvalue weighted by Crippen LogP contribution is -2.50. The zero-order valence-corrected chi connectivity index (χ0v) is 19.3. The zero-order chi connectivity index (χ0) is 23.3. The summed E-state index contributed by atoms with van der Waals surface area (Å²) in [6.45, 7) is 6.64. The standard InChI is InChI=1S/C24H34N4O4/c1-14(2)11-19(23(30)26-15(3)12-16-7-6-10-25-22(16)29)28-24(31)20-13-17-18(27-20)8-5-9-21(17)32-4/h5,8-9,13-16,19,27H,6-7,10-12H2,1-4H3,(H,25,29)(H,26,30)(H,28,31)/t15?,16?,19-/m0/s1. The first-order chi connectivity index (χ1) is 15.3. The number of ether oxygens (including phenoxy) is 1. The molecule has 1 saturated heterocycles. The van der Waals surface area contributed by atoms with Crippen molar-refractivity contribution in [2.24, 2.45) is 11.8 Å². The van der Waals surface area contributed by atoms with Crippen molar-refractivity contribution in [3.8, 4) is 5.75 Å². The van der Waals surface area contributed by atoms with E-state index in [4.69, 9.17) is 4.74 Å². The Kier molecular flexibility index (Phi) is 7.77. The highest BCUT2D eigenvalue weighted by molar-refractivity contribution is 6.01. The molecule has 2 unspecified atom stereocenters. The molecule has 1 fully saturated rings. The summed E-state index contributed by atoms with van der Waals surface area (Å²) in [4.78, 5) is 41.1. The molecule has 1 aliphatic heterocycles. The molecule has 0 aliphatic carbocycles. The third-order valence-electron chi connectivity index (χ3n) is 5.84. The molecule has 1 aromatic heterocycles. The van der Waals surface area contributed by atoms with Crippen molar-refractivity contribution in [3.63, 3.8) is 0 Å². The lowest BCUT2D eigenvalue weighted by molar-refractivity contribution is -0.128. The number of hydrogen-bond donors (Lipinski definition) is 4. The van der Waals surface area contributed by atoms with E-state index in [-0.39, 0.29) is 35.6 Å². The highest BCUT2D eigenvalue weighted by atomic mass is 16.5. The number of methoxy groups -OCH3 is 1. The Bertz CT molecular complexity index is 968. The fourth-order valence-corrected chi connectivity index (χ4v) is 4.26. The Labute approximate surface area is 188 Å². The molecule has 0 radical (unpaired) electrons. The summed E-state index contributed by atoms with van der Waals surface area (Å²) in [7, 11) is 1.59. The van der Waals surface area contributed by atoms with Crippen LogP contribution in [0.4, 0.5) is 0 Å². The van der Waals surface area contributed by atoms with E-state index in [9.17, 15) is 14.4 Å². The van der Waals surface area contributed by atoms with Gasteiger partial charge in [-0.05, 0) is 56.7 Å². The molecule has 32 heavy (non-hydrogen) atoms. The summed E-state index contributed by atoms with van der Waals surface area (Å²) in [5.74, 6) is 0.285. The summed E-state index contributed by atoms with van der Waals surface area (Å²) in [5.41, 5.74) is 1.16. The second-order valence-corrected chi connectivity index (χ2v) is 9.04. The Morgan fingerprint density at radius 3 is 2.69 bits per heavy atom. The first kappa shape index (κ1) is 23.6. The average Bonchev–Trinajstić information content (AvgIpc) is 3.19. The molecule has 1 aromatic carbocycles. The van der Waals surface area contributed by atoms with Gasteiger partial charge in [0.2, 0.25) is 11.8 Å². The number of fused-ring (bicyclic) bond motifs is 1. The minimum atomic E-state index is -0.668. The van der Waals surface area contributed by atoms with Crippen LogP contribution >= 0.6 is 0 Å². The van der Waals surface area contributed by atoms with Crippen LogP contribution in [0.3, 0.4) is 0 Å². The predicted molar refractivity (Wildman–Crippen MR) is 124 cm³/mol. The molecule has 0 bridgehead atoms. The smallest absolute Gasteiger partial charge is 0.268 e. The van der Waals surface area contributed by atoms with E-state index >= 15 is 0 Å². The van der Waals surface area contributed by atoms with E-state index in [1.54, 1.807) is 13.2 Å². The summed E-state index contributed by atoms with van der Waals surface area (Å²) < 4.78 is 5.36. The summed E-state index contributed by atoms with van der Waals surface area (Å²) in [5, 5.41) is 9.56. The monoisotopic (exact) mass is 442 g/mol. The van der Waals surface area contributed by atoms with Gasteiger partial charge in [-0.25, -0.2) is 0 Å². The lowest BCUT2D eigenvalue weighted by Gasteiger charge is -2.27. The van der Waals surface area contributed by atoms with Gasteiger partial charge in [0, 0.05) is 29.4 Å². The van der Waals surface area contributed by atoms with Gasteiger partial charge in [0.1, 0.15) is 17.5 Å². The number of benzene rings is 1. The second-order valence-electron chi connectivity index (χ2n) is 9.04.